The average molecular weight is 440 g/mol. The minimum atomic E-state index is -0.471. The van der Waals surface area contributed by atoms with E-state index in [4.69, 9.17) is 27.9 Å². The molecule has 0 aliphatic rings. The first-order valence-corrected chi connectivity index (χ1v) is 10.0. The summed E-state index contributed by atoms with van der Waals surface area (Å²) in [7, 11) is 0. The van der Waals surface area contributed by atoms with E-state index in [0.29, 0.717) is 21.8 Å². The van der Waals surface area contributed by atoms with Gasteiger partial charge in [-0.1, -0.05) is 71.7 Å². The lowest BCUT2D eigenvalue weighted by molar-refractivity contribution is -0.111. The van der Waals surface area contributed by atoms with Gasteiger partial charge in [-0.2, -0.15) is 0 Å². The van der Waals surface area contributed by atoms with Gasteiger partial charge in [0.1, 0.15) is 0 Å². The van der Waals surface area contributed by atoms with Crippen LogP contribution < -0.4 is 5.32 Å². The van der Waals surface area contributed by atoms with Gasteiger partial charge in [0.15, 0.2) is 0 Å². The highest BCUT2D eigenvalue weighted by molar-refractivity contribution is 6.37. The number of hydrogen-bond acceptors (Lipinski definition) is 3. The molecular weight excluding hydrogens is 421 g/mol. The van der Waals surface area contributed by atoms with E-state index in [1.165, 1.54) is 6.07 Å². The number of nitrogens with one attached hydrogen (secondary N) is 1. The average Bonchev–Trinajstić information content (AvgIpc) is 2.75. The number of amides is 1. The van der Waals surface area contributed by atoms with Crippen LogP contribution in [0.3, 0.4) is 0 Å². The number of carbonyl (C=O) groups excluding carboxylic acids is 2. The summed E-state index contributed by atoms with van der Waals surface area (Å²) in [6.07, 6.45) is 1.73. The van der Waals surface area contributed by atoms with Gasteiger partial charge in [-0.05, 0) is 48.4 Å². The Labute approximate surface area is 185 Å². The van der Waals surface area contributed by atoms with E-state index in [0.717, 1.165) is 11.1 Å². The Morgan fingerprint density at radius 3 is 2.27 bits per heavy atom. The predicted molar refractivity (Wildman–Crippen MR) is 122 cm³/mol. The molecule has 0 unspecified atom stereocenters. The molecule has 152 valence electrons. The van der Waals surface area contributed by atoms with Crippen molar-refractivity contribution in [3.8, 4) is 0 Å². The van der Waals surface area contributed by atoms with E-state index >= 15 is 0 Å². The van der Waals surface area contributed by atoms with E-state index in [1.54, 1.807) is 31.2 Å². The lowest BCUT2D eigenvalue weighted by atomic mass is 10.0. The molecule has 0 aliphatic heterocycles. The first-order chi connectivity index (χ1) is 14.5. The Hall–Kier alpha value is -3.08. The molecule has 0 aliphatic carbocycles. The van der Waals surface area contributed by atoms with Crippen LogP contribution in [-0.2, 0) is 9.53 Å². The Balaban J connectivity index is 1.93. The van der Waals surface area contributed by atoms with E-state index in [9.17, 15) is 9.59 Å². The van der Waals surface area contributed by atoms with Crippen LogP contribution in [0.4, 0.5) is 5.69 Å². The number of halogens is 2. The molecule has 30 heavy (non-hydrogen) atoms. The zero-order valence-electron chi connectivity index (χ0n) is 16.2. The maximum Gasteiger partial charge on any atom is 0.338 e. The van der Waals surface area contributed by atoms with Crippen LogP contribution >= 0.6 is 23.2 Å². The Morgan fingerprint density at radius 1 is 0.900 bits per heavy atom. The summed E-state index contributed by atoms with van der Waals surface area (Å²) in [6.45, 7) is 1.99. The summed E-state index contributed by atoms with van der Waals surface area (Å²) in [5.41, 5.74) is 2.57. The summed E-state index contributed by atoms with van der Waals surface area (Å²) in [4.78, 5) is 25.0. The second-order valence-corrected chi connectivity index (χ2v) is 7.13. The Kier molecular flexibility index (Phi) is 7.28. The third kappa shape index (κ3) is 5.29. The van der Waals surface area contributed by atoms with Crippen molar-refractivity contribution in [3.63, 3.8) is 0 Å². The number of esters is 1. The van der Waals surface area contributed by atoms with Gasteiger partial charge >= 0.3 is 5.97 Å². The number of ether oxygens (including phenoxy) is 1. The molecule has 3 rings (SSSR count). The molecule has 6 heteroatoms. The van der Waals surface area contributed by atoms with Gasteiger partial charge in [0.05, 0.1) is 22.9 Å². The summed E-state index contributed by atoms with van der Waals surface area (Å²) >= 11 is 12.6. The highest BCUT2D eigenvalue weighted by Gasteiger charge is 2.16. The van der Waals surface area contributed by atoms with Crippen molar-refractivity contribution in [3.05, 3.63) is 99.5 Å². The van der Waals surface area contributed by atoms with E-state index < -0.39 is 5.97 Å². The smallest absolute Gasteiger partial charge is 0.338 e. The maximum atomic E-state index is 13.1. The summed E-state index contributed by atoms with van der Waals surface area (Å²) in [6, 6.07) is 21.1. The van der Waals surface area contributed by atoms with E-state index in [-0.39, 0.29) is 17.5 Å². The number of anilines is 1. The number of benzene rings is 3. The fourth-order valence-corrected chi connectivity index (χ4v) is 3.21. The lowest BCUT2D eigenvalue weighted by Gasteiger charge is -2.12. The molecule has 0 bridgehead atoms. The Bertz CT molecular complexity index is 1090. The van der Waals surface area contributed by atoms with Crippen LogP contribution in [0, 0.1) is 0 Å². The van der Waals surface area contributed by atoms with Gasteiger partial charge in [-0.15, -0.1) is 0 Å². The van der Waals surface area contributed by atoms with Crippen LogP contribution in [0.1, 0.15) is 28.4 Å². The molecule has 1 N–H and O–H groups in total. The molecule has 1 amide bonds. The topological polar surface area (TPSA) is 55.4 Å². The van der Waals surface area contributed by atoms with Crippen LogP contribution in [0.5, 0.6) is 0 Å². The van der Waals surface area contributed by atoms with Gasteiger partial charge in [0, 0.05) is 10.6 Å². The van der Waals surface area contributed by atoms with Gasteiger partial charge in [-0.3, -0.25) is 4.79 Å². The van der Waals surface area contributed by atoms with Crippen molar-refractivity contribution in [1.29, 1.82) is 0 Å². The van der Waals surface area contributed by atoms with Gasteiger partial charge < -0.3 is 10.1 Å². The highest BCUT2D eigenvalue weighted by atomic mass is 35.5. The highest BCUT2D eigenvalue weighted by Crippen LogP contribution is 2.27. The zero-order chi connectivity index (χ0) is 21.5. The minimum Gasteiger partial charge on any atom is -0.462 e. The fourth-order valence-electron chi connectivity index (χ4n) is 2.79. The van der Waals surface area contributed by atoms with Crippen molar-refractivity contribution >= 4 is 52.4 Å². The van der Waals surface area contributed by atoms with E-state index in [2.05, 4.69) is 5.32 Å². The van der Waals surface area contributed by atoms with Crippen LogP contribution in [-0.4, -0.2) is 18.5 Å². The van der Waals surface area contributed by atoms with Crippen molar-refractivity contribution in [1.82, 2.24) is 0 Å². The largest absolute Gasteiger partial charge is 0.462 e. The Morgan fingerprint density at radius 2 is 1.60 bits per heavy atom. The minimum absolute atomic E-state index is 0.235. The van der Waals surface area contributed by atoms with Gasteiger partial charge in [-0.25, -0.2) is 4.79 Å². The normalized spacial score (nSPS) is 11.1. The van der Waals surface area contributed by atoms with Crippen molar-refractivity contribution < 1.29 is 14.3 Å². The van der Waals surface area contributed by atoms with Crippen LogP contribution in [0.2, 0.25) is 10.0 Å². The molecule has 0 spiro atoms. The second kappa shape index (κ2) is 10.1. The quantitative estimate of drug-likeness (QED) is 0.276. The molecule has 0 saturated heterocycles. The second-order valence-electron chi connectivity index (χ2n) is 6.31. The summed E-state index contributed by atoms with van der Waals surface area (Å²) < 4.78 is 4.97. The van der Waals surface area contributed by atoms with Crippen molar-refractivity contribution in [2.24, 2.45) is 0 Å². The number of carbonyl (C=O) groups is 2. The zero-order valence-corrected chi connectivity index (χ0v) is 17.7. The van der Waals surface area contributed by atoms with Gasteiger partial charge in [0.25, 0.3) is 5.91 Å². The van der Waals surface area contributed by atoms with Crippen molar-refractivity contribution in [2.45, 2.75) is 6.92 Å². The molecule has 0 radical (unpaired) electrons. The molecule has 0 fully saturated rings. The first kappa shape index (κ1) is 21.6. The standard InChI is InChI=1S/C24H19Cl2NO3/c1-2-30-24(29)18-12-13-22(21(26)15-18)27-23(28)19(16-8-4-3-5-9-16)14-17-10-6-7-11-20(17)25/h3-15H,2H2,1H3,(H,27,28)/b19-14+. The molecule has 0 saturated carbocycles. The summed E-state index contributed by atoms with van der Waals surface area (Å²) in [5, 5.41) is 3.59. The first-order valence-electron chi connectivity index (χ1n) is 9.29. The number of hydrogen-bond donors (Lipinski definition) is 1. The monoisotopic (exact) mass is 439 g/mol. The third-order valence-electron chi connectivity index (χ3n) is 4.26. The SMILES string of the molecule is CCOC(=O)c1ccc(NC(=O)/C(=C/c2ccccc2Cl)c2ccccc2)c(Cl)c1. The molecule has 3 aromatic carbocycles. The molecule has 0 aromatic heterocycles. The van der Waals surface area contributed by atoms with Crippen LogP contribution in [0.25, 0.3) is 11.6 Å². The van der Waals surface area contributed by atoms with Gasteiger partial charge in [0.2, 0.25) is 0 Å². The maximum absolute atomic E-state index is 13.1. The van der Waals surface area contributed by atoms with Crippen molar-refractivity contribution in [2.75, 3.05) is 11.9 Å². The van der Waals surface area contributed by atoms with Crippen LogP contribution in [0.15, 0.2) is 72.8 Å². The third-order valence-corrected chi connectivity index (χ3v) is 4.92. The molecule has 0 heterocycles. The predicted octanol–water partition coefficient (Wildman–Crippen LogP) is 6.35. The molecule has 3 aromatic rings. The summed E-state index contributed by atoms with van der Waals surface area (Å²) in [5.74, 6) is -0.826. The fraction of sp³-hybridized carbons (Fsp3) is 0.0833. The molecule has 4 nitrogen and oxygen atoms in total. The lowest BCUT2D eigenvalue weighted by Crippen LogP contribution is -2.14. The van der Waals surface area contributed by atoms with E-state index in [1.807, 2.05) is 48.5 Å². The molecular formula is C24H19Cl2NO3. The molecule has 0 atom stereocenters. The number of rotatable bonds is 6.